The van der Waals surface area contributed by atoms with Crippen LogP contribution in [0.5, 0.6) is 5.75 Å². The Hall–Kier alpha value is -2.89. The molecule has 1 aromatic carbocycles. The van der Waals surface area contributed by atoms with E-state index in [9.17, 15) is 4.79 Å². The van der Waals surface area contributed by atoms with Gasteiger partial charge in [-0.15, -0.1) is 0 Å². The Morgan fingerprint density at radius 2 is 2.14 bits per heavy atom. The average Bonchev–Trinajstić information content (AvgIpc) is 2.60. The summed E-state index contributed by atoms with van der Waals surface area (Å²) in [5, 5.41) is 3.22. The molecule has 1 aliphatic heterocycles. The number of methoxy groups -OCH3 is 1. The summed E-state index contributed by atoms with van der Waals surface area (Å²) in [6, 6.07) is 11.1. The number of pyridine rings is 1. The van der Waals surface area contributed by atoms with Gasteiger partial charge >= 0.3 is 0 Å². The van der Waals surface area contributed by atoms with Crippen LogP contribution in [-0.4, -0.2) is 24.3 Å². The van der Waals surface area contributed by atoms with Crippen molar-refractivity contribution in [3.8, 4) is 5.75 Å². The third-order valence-corrected chi connectivity index (χ3v) is 3.34. The molecular weight excluding hydrogens is 280 g/mol. The number of hydrazine groups is 1. The number of fused-ring (bicyclic) bond motifs is 1. The molecule has 6 heteroatoms. The fourth-order valence-corrected chi connectivity index (χ4v) is 2.25. The zero-order chi connectivity index (χ0) is 15.5. The predicted octanol–water partition coefficient (Wildman–Crippen LogP) is 2.93. The monoisotopic (exact) mass is 296 g/mol. The van der Waals surface area contributed by atoms with Gasteiger partial charge < -0.3 is 4.74 Å². The Balaban J connectivity index is 2.08. The summed E-state index contributed by atoms with van der Waals surface area (Å²) in [6.07, 6.45) is 3.63. The third kappa shape index (κ3) is 2.39. The molecule has 0 saturated heterocycles. The van der Waals surface area contributed by atoms with Crippen LogP contribution in [0.2, 0.25) is 0 Å². The van der Waals surface area contributed by atoms with Crippen molar-refractivity contribution < 1.29 is 9.53 Å². The van der Waals surface area contributed by atoms with Crippen LogP contribution in [0.3, 0.4) is 0 Å². The molecule has 0 fully saturated rings. The summed E-state index contributed by atoms with van der Waals surface area (Å²) in [4.78, 5) is 21.1. The normalized spacial score (nSPS) is 13.0. The van der Waals surface area contributed by atoms with Gasteiger partial charge in [0.05, 0.1) is 12.8 Å². The maximum atomic E-state index is 12.4. The van der Waals surface area contributed by atoms with E-state index >= 15 is 0 Å². The van der Waals surface area contributed by atoms with Gasteiger partial charge in [-0.1, -0.05) is 13.0 Å². The molecule has 0 bridgehead atoms. The van der Waals surface area contributed by atoms with E-state index in [4.69, 9.17) is 4.74 Å². The van der Waals surface area contributed by atoms with Crippen LogP contribution in [0.15, 0.2) is 47.6 Å². The summed E-state index contributed by atoms with van der Waals surface area (Å²) in [5.74, 6) is 1.18. The largest absolute Gasteiger partial charge is 0.497 e. The van der Waals surface area contributed by atoms with Crippen molar-refractivity contribution in [3.63, 3.8) is 0 Å². The molecule has 0 radical (unpaired) electrons. The minimum Gasteiger partial charge on any atom is -0.497 e. The fourth-order valence-electron chi connectivity index (χ4n) is 2.25. The van der Waals surface area contributed by atoms with Crippen molar-refractivity contribution in [3.05, 3.63) is 42.6 Å². The average molecular weight is 296 g/mol. The zero-order valence-electron chi connectivity index (χ0n) is 12.4. The van der Waals surface area contributed by atoms with Gasteiger partial charge in [-0.2, -0.15) is 5.01 Å². The Bertz CT molecular complexity index is 730. The lowest BCUT2D eigenvalue weighted by molar-refractivity contribution is -0.118. The number of aromatic nitrogens is 1. The van der Waals surface area contributed by atoms with E-state index in [1.807, 2.05) is 37.3 Å². The lowest BCUT2D eigenvalue weighted by Gasteiger charge is -2.35. The summed E-state index contributed by atoms with van der Waals surface area (Å²) in [7, 11) is 1.61. The van der Waals surface area contributed by atoms with E-state index in [1.54, 1.807) is 30.7 Å². The summed E-state index contributed by atoms with van der Waals surface area (Å²) < 4.78 is 5.25. The SMILES string of the molecule is CCC(=O)N1c2ncccc2N=CN1c1cccc(OC)c1. The lowest BCUT2D eigenvalue weighted by Crippen LogP contribution is -2.48. The van der Waals surface area contributed by atoms with Crippen LogP contribution < -0.4 is 14.8 Å². The zero-order valence-corrected chi connectivity index (χ0v) is 12.4. The molecule has 3 rings (SSSR count). The minimum absolute atomic E-state index is 0.0612. The van der Waals surface area contributed by atoms with E-state index in [0.29, 0.717) is 23.7 Å². The van der Waals surface area contributed by atoms with E-state index in [0.717, 1.165) is 5.69 Å². The molecule has 0 unspecified atom stereocenters. The molecule has 22 heavy (non-hydrogen) atoms. The van der Waals surface area contributed by atoms with E-state index in [1.165, 1.54) is 5.01 Å². The highest BCUT2D eigenvalue weighted by molar-refractivity contribution is 6.05. The summed E-state index contributed by atoms with van der Waals surface area (Å²) in [5.41, 5.74) is 1.45. The molecular formula is C16H16N4O2. The number of nitrogens with zero attached hydrogens (tertiary/aromatic N) is 4. The quantitative estimate of drug-likeness (QED) is 0.874. The number of anilines is 2. The number of amides is 1. The number of hydrogen-bond acceptors (Lipinski definition) is 5. The van der Waals surface area contributed by atoms with Crippen LogP contribution in [0, 0.1) is 0 Å². The van der Waals surface area contributed by atoms with Gasteiger partial charge in [0.1, 0.15) is 17.8 Å². The second-order valence-corrected chi connectivity index (χ2v) is 4.70. The third-order valence-electron chi connectivity index (χ3n) is 3.34. The van der Waals surface area contributed by atoms with Crippen LogP contribution >= 0.6 is 0 Å². The maximum Gasteiger partial charge on any atom is 0.247 e. The highest BCUT2D eigenvalue weighted by atomic mass is 16.5. The molecule has 2 heterocycles. The Morgan fingerprint density at radius 3 is 2.91 bits per heavy atom. The van der Waals surface area contributed by atoms with Gasteiger partial charge in [-0.05, 0) is 24.3 Å². The van der Waals surface area contributed by atoms with Crippen molar-refractivity contribution in [1.29, 1.82) is 0 Å². The highest BCUT2D eigenvalue weighted by Gasteiger charge is 2.28. The molecule has 1 aliphatic rings. The molecule has 112 valence electrons. The van der Waals surface area contributed by atoms with E-state index < -0.39 is 0 Å². The van der Waals surface area contributed by atoms with Gasteiger partial charge in [0.15, 0.2) is 5.82 Å². The Labute approximate surface area is 128 Å². The Kier molecular flexibility index (Phi) is 3.74. The van der Waals surface area contributed by atoms with E-state index in [-0.39, 0.29) is 5.91 Å². The van der Waals surface area contributed by atoms with Crippen molar-refractivity contribution in [2.45, 2.75) is 13.3 Å². The number of hydrogen-bond donors (Lipinski definition) is 0. The predicted molar refractivity (Wildman–Crippen MR) is 85.6 cm³/mol. The Morgan fingerprint density at radius 1 is 1.27 bits per heavy atom. The first-order valence-electron chi connectivity index (χ1n) is 7.00. The molecule has 1 aromatic heterocycles. The second kappa shape index (κ2) is 5.85. The molecule has 0 spiro atoms. The number of rotatable bonds is 3. The summed E-state index contributed by atoms with van der Waals surface area (Å²) >= 11 is 0. The molecule has 0 aliphatic carbocycles. The first-order chi connectivity index (χ1) is 10.7. The van der Waals surface area contributed by atoms with Gasteiger partial charge in [0.25, 0.3) is 0 Å². The summed E-state index contributed by atoms with van der Waals surface area (Å²) in [6.45, 7) is 1.82. The number of benzene rings is 1. The van der Waals surface area contributed by atoms with Crippen molar-refractivity contribution in [2.24, 2.45) is 4.99 Å². The second-order valence-electron chi connectivity index (χ2n) is 4.70. The first kappa shape index (κ1) is 14.1. The minimum atomic E-state index is -0.0612. The number of carbonyl (C=O) groups is 1. The van der Waals surface area contributed by atoms with Crippen LogP contribution in [0.4, 0.5) is 17.2 Å². The number of ether oxygens (including phenoxy) is 1. The van der Waals surface area contributed by atoms with Crippen LogP contribution in [-0.2, 0) is 4.79 Å². The fraction of sp³-hybridized carbons (Fsp3) is 0.188. The molecule has 2 aromatic rings. The number of aliphatic imine (C=N–C) groups is 1. The standard InChI is InChI=1S/C16H16N4O2/c1-3-15(21)20-16-14(8-5-9-17-16)18-11-19(20)12-6-4-7-13(10-12)22-2/h4-11H,3H2,1-2H3. The topological polar surface area (TPSA) is 58.0 Å². The van der Waals surface area contributed by atoms with Gasteiger partial charge in [0.2, 0.25) is 5.91 Å². The number of carbonyl (C=O) groups excluding carboxylic acids is 1. The smallest absolute Gasteiger partial charge is 0.247 e. The van der Waals surface area contributed by atoms with Crippen LogP contribution in [0.1, 0.15) is 13.3 Å². The molecule has 1 amide bonds. The molecule has 0 atom stereocenters. The maximum absolute atomic E-state index is 12.4. The molecule has 0 N–H and O–H groups in total. The molecule has 0 saturated carbocycles. The van der Waals surface area contributed by atoms with Crippen LogP contribution in [0.25, 0.3) is 0 Å². The van der Waals surface area contributed by atoms with Crippen molar-refractivity contribution in [1.82, 2.24) is 4.98 Å². The molecule has 6 nitrogen and oxygen atoms in total. The van der Waals surface area contributed by atoms with Gasteiger partial charge in [0, 0.05) is 18.7 Å². The highest BCUT2D eigenvalue weighted by Crippen LogP contribution is 2.33. The van der Waals surface area contributed by atoms with Gasteiger partial charge in [-0.25, -0.2) is 15.0 Å². The van der Waals surface area contributed by atoms with E-state index in [2.05, 4.69) is 9.98 Å². The van der Waals surface area contributed by atoms with Gasteiger partial charge in [-0.3, -0.25) is 4.79 Å². The first-order valence-corrected chi connectivity index (χ1v) is 7.00. The van der Waals surface area contributed by atoms with Crippen molar-refractivity contribution >= 4 is 29.4 Å². The lowest BCUT2D eigenvalue weighted by atomic mass is 10.2. The van der Waals surface area contributed by atoms with Crippen molar-refractivity contribution in [2.75, 3.05) is 17.1 Å².